The summed E-state index contributed by atoms with van der Waals surface area (Å²) in [6.07, 6.45) is 7.75. The van der Waals surface area contributed by atoms with Crippen molar-refractivity contribution in [3.8, 4) is 0 Å². The second-order valence-electron chi connectivity index (χ2n) is 6.92. The van der Waals surface area contributed by atoms with Crippen molar-refractivity contribution < 1.29 is 9.90 Å². The normalized spacial score (nSPS) is 18.2. The standard InChI is InChI=1S/C20H22N4O2/c25-20(26)14-24-10-7-19(22-24)17-5-2-9-23(13-17)12-16-4-1-3-15-11-21-8-6-18(15)16/h1,3-4,6-8,10-11,17H,2,5,9,12-14H2,(H,25,26)/t17-/m0/s1. The monoisotopic (exact) mass is 350 g/mol. The number of hydrogen-bond donors (Lipinski definition) is 1. The fraction of sp³-hybridized carbons (Fsp3) is 0.350. The Morgan fingerprint density at radius 3 is 3.08 bits per heavy atom. The van der Waals surface area contributed by atoms with Crippen LogP contribution in [0.1, 0.15) is 30.0 Å². The zero-order valence-electron chi connectivity index (χ0n) is 14.6. The van der Waals surface area contributed by atoms with E-state index in [9.17, 15) is 4.79 Å². The summed E-state index contributed by atoms with van der Waals surface area (Å²) in [6, 6.07) is 10.4. The van der Waals surface area contributed by atoms with Crippen LogP contribution in [-0.2, 0) is 17.9 Å². The number of rotatable bonds is 5. The van der Waals surface area contributed by atoms with Crippen LogP contribution in [0.15, 0.2) is 48.9 Å². The van der Waals surface area contributed by atoms with Gasteiger partial charge in [0.05, 0.1) is 5.69 Å². The SMILES string of the molecule is O=C(O)Cn1ccc([C@H]2CCCN(Cc3cccc4cnccc34)C2)n1. The molecular weight excluding hydrogens is 328 g/mol. The smallest absolute Gasteiger partial charge is 0.325 e. The number of nitrogens with zero attached hydrogens (tertiary/aromatic N) is 4. The number of carboxylic acid groups (broad SMARTS) is 1. The van der Waals surface area contributed by atoms with E-state index in [4.69, 9.17) is 5.11 Å². The molecule has 6 heteroatoms. The van der Waals surface area contributed by atoms with Gasteiger partial charge in [0.25, 0.3) is 0 Å². The van der Waals surface area contributed by atoms with Crippen molar-refractivity contribution in [2.45, 2.75) is 31.8 Å². The molecule has 0 aliphatic carbocycles. The van der Waals surface area contributed by atoms with E-state index in [0.29, 0.717) is 5.92 Å². The maximum absolute atomic E-state index is 10.8. The fourth-order valence-electron chi connectivity index (χ4n) is 3.83. The van der Waals surface area contributed by atoms with Crippen LogP contribution < -0.4 is 0 Å². The van der Waals surface area contributed by atoms with Gasteiger partial charge in [0.15, 0.2) is 0 Å². The van der Waals surface area contributed by atoms with Gasteiger partial charge in [-0.25, -0.2) is 0 Å². The van der Waals surface area contributed by atoms with Gasteiger partial charge in [-0.05, 0) is 42.5 Å². The summed E-state index contributed by atoms with van der Waals surface area (Å²) in [5, 5.41) is 15.8. The number of aliphatic carboxylic acids is 1. The fourth-order valence-corrected chi connectivity index (χ4v) is 3.83. The lowest BCUT2D eigenvalue weighted by Gasteiger charge is -2.32. The van der Waals surface area contributed by atoms with Crippen molar-refractivity contribution in [3.63, 3.8) is 0 Å². The van der Waals surface area contributed by atoms with Crippen LogP contribution in [0, 0.1) is 0 Å². The average molecular weight is 350 g/mol. The number of carbonyl (C=O) groups is 1. The van der Waals surface area contributed by atoms with Crippen LogP contribution in [-0.4, -0.2) is 43.8 Å². The predicted octanol–water partition coefficient (Wildman–Crippen LogP) is 2.90. The highest BCUT2D eigenvalue weighted by atomic mass is 16.4. The summed E-state index contributed by atoms with van der Waals surface area (Å²) in [4.78, 5) is 17.5. The van der Waals surface area contributed by atoms with Crippen LogP contribution in [0.4, 0.5) is 0 Å². The van der Waals surface area contributed by atoms with Gasteiger partial charge in [0, 0.05) is 43.0 Å². The molecule has 1 saturated heterocycles. The van der Waals surface area contributed by atoms with E-state index in [1.54, 1.807) is 6.20 Å². The third-order valence-corrected chi connectivity index (χ3v) is 5.05. The topological polar surface area (TPSA) is 71.2 Å². The average Bonchev–Trinajstić information content (AvgIpc) is 3.10. The third kappa shape index (κ3) is 3.60. The minimum atomic E-state index is -0.865. The first kappa shape index (κ1) is 16.7. The van der Waals surface area contributed by atoms with Crippen LogP contribution in [0.5, 0.6) is 0 Å². The summed E-state index contributed by atoms with van der Waals surface area (Å²) in [5.74, 6) is -0.509. The minimum absolute atomic E-state index is 0.0829. The summed E-state index contributed by atoms with van der Waals surface area (Å²) in [6.45, 7) is 2.85. The Bertz CT molecular complexity index is 916. The highest BCUT2D eigenvalue weighted by molar-refractivity contribution is 5.84. The van der Waals surface area contributed by atoms with E-state index in [0.717, 1.165) is 38.2 Å². The van der Waals surface area contributed by atoms with Crippen molar-refractivity contribution in [2.75, 3.05) is 13.1 Å². The van der Waals surface area contributed by atoms with Gasteiger partial charge < -0.3 is 5.11 Å². The van der Waals surface area contributed by atoms with Gasteiger partial charge >= 0.3 is 5.97 Å². The van der Waals surface area contributed by atoms with E-state index in [-0.39, 0.29) is 6.54 Å². The molecule has 2 aromatic heterocycles. The molecule has 4 rings (SSSR count). The second kappa shape index (κ2) is 7.25. The first-order valence-electron chi connectivity index (χ1n) is 8.98. The van der Waals surface area contributed by atoms with E-state index in [1.165, 1.54) is 21.0 Å². The Hall–Kier alpha value is -2.73. The third-order valence-electron chi connectivity index (χ3n) is 5.05. The van der Waals surface area contributed by atoms with Crippen molar-refractivity contribution in [2.24, 2.45) is 0 Å². The zero-order valence-corrected chi connectivity index (χ0v) is 14.6. The number of likely N-dealkylation sites (tertiary alicyclic amines) is 1. The molecule has 1 fully saturated rings. The molecule has 0 radical (unpaired) electrons. The molecule has 1 atom stereocenters. The highest BCUT2D eigenvalue weighted by Gasteiger charge is 2.23. The van der Waals surface area contributed by atoms with Crippen LogP contribution in [0.2, 0.25) is 0 Å². The Morgan fingerprint density at radius 2 is 2.19 bits per heavy atom. The number of fused-ring (bicyclic) bond motifs is 1. The molecule has 0 unspecified atom stereocenters. The molecule has 0 bridgehead atoms. The molecule has 1 N–H and O–H groups in total. The maximum atomic E-state index is 10.8. The Kier molecular flexibility index (Phi) is 4.67. The first-order valence-corrected chi connectivity index (χ1v) is 8.98. The maximum Gasteiger partial charge on any atom is 0.325 e. The molecule has 6 nitrogen and oxygen atoms in total. The molecular formula is C20H22N4O2. The molecule has 0 spiro atoms. The zero-order chi connectivity index (χ0) is 17.9. The number of aromatic nitrogens is 3. The van der Waals surface area contributed by atoms with E-state index in [1.807, 2.05) is 18.5 Å². The Labute approximate surface area is 152 Å². The highest BCUT2D eigenvalue weighted by Crippen LogP contribution is 2.28. The molecule has 0 saturated carbocycles. The molecule has 1 aromatic carbocycles. The molecule has 3 aromatic rings. The summed E-state index contributed by atoms with van der Waals surface area (Å²) >= 11 is 0. The molecule has 134 valence electrons. The van der Waals surface area contributed by atoms with Gasteiger partial charge in [-0.1, -0.05) is 18.2 Å². The number of carboxylic acids is 1. The molecule has 1 aliphatic rings. The summed E-state index contributed by atoms with van der Waals surface area (Å²) in [7, 11) is 0. The number of hydrogen-bond acceptors (Lipinski definition) is 4. The Balaban J connectivity index is 1.48. The van der Waals surface area contributed by atoms with Gasteiger partial charge in [0.1, 0.15) is 6.54 Å². The molecule has 26 heavy (non-hydrogen) atoms. The van der Waals surface area contributed by atoms with Crippen molar-refractivity contribution in [1.29, 1.82) is 0 Å². The molecule has 0 amide bonds. The predicted molar refractivity (Wildman–Crippen MR) is 98.9 cm³/mol. The van der Waals surface area contributed by atoms with Gasteiger partial charge in [-0.2, -0.15) is 5.10 Å². The number of pyridine rings is 1. The van der Waals surface area contributed by atoms with E-state index >= 15 is 0 Å². The summed E-state index contributed by atoms with van der Waals surface area (Å²) < 4.78 is 1.51. The van der Waals surface area contributed by atoms with E-state index < -0.39 is 5.97 Å². The van der Waals surface area contributed by atoms with Crippen molar-refractivity contribution in [3.05, 3.63) is 60.2 Å². The van der Waals surface area contributed by atoms with E-state index in [2.05, 4.69) is 39.2 Å². The minimum Gasteiger partial charge on any atom is -0.480 e. The van der Waals surface area contributed by atoms with Gasteiger partial charge in [-0.15, -0.1) is 0 Å². The molecule has 1 aliphatic heterocycles. The lowest BCUT2D eigenvalue weighted by molar-refractivity contribution is -0.137. The lowest BCUT2D eigenvalue weighted by Crippen LogP contribution is -2.34. The largest absolute Gasteiger partial charge is 0.480 e. The van der Waals surface area contributed by atoms with Gasteiger partial charge in [0.2, 0.25) is 0 Å². The summed E-state index contributed by atoms with van der Waals surface area (Å²) in [5.41, 5.74) is 2.32. The van der Waals surface area contributed by atoms with Crippen molar-refractivity contribution in [1.82, 2.24) is 19.7 Å². The van der Waals surface area contributed by atoms with Crippen LogP contribution in [0.3, 0.4) is 0 Å². The van der Waals surface area contributed by atoms with Crippen LogP contribution >= 0.6 is 0 Å². The second-order valence-corrected chi connectivity index (χ2v) is 6.92. The van der Waals surface area contributed by atoms with Crippen LogP contribution in [0.25, 0.3) is 10.8 Å². The number of benzene rings is 1. The quantitative estimate of drug-likeness (QED) is 0.766. The molecule has 3 heterocycles. The Morgan fingerprint density at radius 1 is 1.27 bits per heavy atom. The van der Waals surface area contributed by atoms with Crippen molar-refractivity contribution >= 4 is 16.7 Å². The van der Waals surface area contributed by atoms with Gasteiger partial charge in [-0.3, -0.25) is 19.4 Å². The first-order chi connectivity index (χ1) is 12.7. The lowest BCUT2D eigenvalue weighted by atomic mass is 9.94. The number of piperidine rings is 1.